The second-order valence-electron chi connectivity index (χ2n) is 5.56. The number of hydroxylamine groups is 1. The van der Waals surface area contributed by atoms with Gasteiger partial charge in [0.05, 0.1) is 6.26 Å². The van der Waals surface area contributed by atoms with E-state index in [0.29, 0.717) is 10.1 Å². The second kappa shape index (κ2) is 5.78. The van der Waals surface area contributed by atoms with E-state index < -0.39 is 6.17 Å². The summed E-state index contributed by atoms with van der Waals surface area (Å²) in [6, 6.07) is 13.3. The minimum absolute atomic E-state index is 0.336. The zero-order valence-electron chi connectivity index (χ0n) is 12.3. The Hall–Kier alpha value is -1.79. The van der Waals surface area contributed by atoms with Crippen LogP contribution in [0.4, 0.5) is 5.69 Å². The Bertz CT molecular complexity index is 696. The number of benzene rings is 1. The van der Waals surface area contributed by atoms with Crippen molar-refractivity contribution in [3.8, 4) is 0 Å². The number of hydrogen-bond donors (Lipinski definition) is 0. The minimum Gasteiger partial charge on any atom is -0.622 e. The van der Waals surface area contributed by atoms with Crippen LogP contribution in [0.25, 0.3) is 0 Å². The van der Waals surface area contributed by atoms with Crippen LogP contribution in [0.5, 0.6) is 0 Å². The van der Waals surface area contributed by atoms with Gasteiger partial charge in [-0.1, -0.05) is 42.2 Å². The number of anilines is 1. The van der Waals surface area contributed by atoms with Gasteiger partial charge in [0.1, 0.15) is 9.07 Å². The van der Waals surface area contributed by atoms with Gasteiger partial charge in [-0.15, -0.1) is 0 Å². The summed E-state index contributed by atoms with van der Waals surface area (Å²) in [7, 11) is 0. The quantitative estimate of drug-likeness (QED) is 0.281. The zero-order chi connectivity index (χ0) is 15.7. The standard InChI is InChI=1S/C16H16N2O2S2/c1-16(2)14(17(19)11-13-9-6-10-20-13)18(15(21)22-16)12-7-4-3-5-8-12/h3-11,14H,1-2H3/b17-11+/t14-/m0/s1. The van der Waals surface area contributed by atoms with Crippen LogP contribution in [0.3, 0.4) is 0 Å². The fourth-order valence-electron chi connectivity index (χ4n) is 2.55. The molecule has 0 N–H and O–H groups in total. The molecule has 0 saturated carbocycles. The molecule has 1 aliphatic rings. The van der Waals surface area contributed by atoms with Crippen LogP contribution in [0.15, 0.2) is 53.1 Å². The summed E-state index contributed by atoms with van der Waals surface area (Å²) in [6.45, 7) is 4.05. The lowest BCUT2D eigenvalue weighted by molar-refractivity contribution is -0.497. The maximum absolute atomic E-state index is 12.7. The molecular weight excluding hydrogens is 316 g/mol. The first-order valence-corrected chi connectivity index (χ1v) is 8.12. The predicted molar refractivity (Wildman–Crippen MR) is 94.5 cm³/mol. The van der Waals surface area contributed by atoms with Crippen LogP contribution in [0, 0.1) is 5.21 Å². The third kappa shape index (κ3) is 2.76. The monoisotopic (exact) mass is 332 g/mol. The summed E-state index contributed by atoms with van der Waals surface area (Å²) in [5.74, 6) is 0.529. The topological polar surface area (TPSA) is 42.5 Å². The van der Waals surface area contributed by atoms with E-state index >= 15 is 0 Å². The molecular formula is C16H16N2O2S2. The van der Waals surface area contributed by atoms with Crippen LogP contribution in [0.2, 0.25) is 0 Å². The molecule has 114 valence electrons. The van der Waals surface area contributed by atoms with E-state index in [1.807, 2.05) is 49.1 Å². The number of para-hydroxylation sites is 1. The average Bonchev–Trinajstić information content (AvgIpc) is 3.04. The normalized spacial score (nSPS) is 21.4. The van der Waals surface area contributed by atoms with Crippen LogP contribution < -0.4 is 4.90 Å². The zero-order valence-corrected chi connectivity index (χ0v) is 13.9. The van der Waals surface area contributed by atoms with E-state index in [4.69, 9.17) is 16.6 Å². The van der Waals surface area contributed by atoms with E-state index in [2.05, 4.69) is 0 Å². The second-order valence-corrected chi connectivity index (χ2v) is 7.84. The van der Waals surface area contributed by atoms with Crippen molar-refractivity contribution in [2.45, 2.75) is 24.8 Å². The van der Waals surface area contributed by atoms with Gasteiger partial charge in [0.25, 0.3) is 6.17 Å². The van der Waals surface area contributed by atoms with E-state index in [0.717, 1.165) is 10.4 Å². The van der Waals surface area contributed by atoms with Crippen molar-refractivity contribution in [2.24, 2.45) is 0 Å². The summed E-state index contributed by atoms with van der Waals surface area (Å²) < 4.78 is 6.54. The molecule has 1 aliphatic heterocycles. The molecule has 0 bridgehead atoms. The number of rotatable bonds is 3. The molecule has 1 saturated heterocycles. The van der Waals surface area contributed by atoms with Crippen LogP contribution in [0.1, 0.15) is 19.6 Å². The maximum atomic E-state index is 12.7. The van der Waals surface area contributed by atoms with Gasteiger partial charge in [-0.2, -0.15) is 4.74 Å². The Labute approximate surface area is 139 Å². The van der Waals surface area contributed by atoms with Crippen LogP contribution in [-0.4, -0.2) is 26.2 Å². The highest BCUT2D eigenvalue weighted by Gasteiger charge is 2.51. The van der Waals surface area contributed by atoms with Crippen molar-refractivity contribution >= 4 is 40.2 Å². The number of thioether (sulfide) groups is 1. The van der Waals surface area contributed by atoms with Gasteiger partial charge in [0.2, 0.25) is 6.21 Å². The molecule has 1 fully saturated rings. The Morgan fingerprint density at radius 2 is 2.00 bits per heavy atom. The number of furan rings is 1. The van der Waals surface area contributed by atoms with Crippen molar-refractivity contribution in [2.75, 3.05) is 4.90 Å². The first-order valence-electron chi connectivity index (χ1n) is 6.90. The molecule has 1 aromatic heterocycles. The summed E-state index contributed by atoms with van der Waals surface area (Å²) in [4.78, 5) is 1.91. The third-order valence-electron chi connectivity index (χ3n) is 3.49. The molecule has 3 rings (SSSR count). The van der Waals surface area contributed by atoms with Gasteiger partial charge in [0.15, 0.2) is 5.76 Å². The molecule has 0 radical (unpaired) electrons. The number of nitrogens with zero attached hydrogens (tertiary/aromatic N) is 2. The molecule has 2 heterocycles. The molecule has 0 aliphatic carbocycles. The fraction of sp³-hybridized carbons (Fsp3) is 0.250. The van der Waals surface area contributed by atoms with Gasteiger partial charge >= 0.3 is 0 Å². The van der Waals surface area contributed by atoms with Crippen LogP contribution >= 0.6 is 24.0 Å². The van der Waals surface area contributed by atoms with E-state index in [1.165, 1.54) is 18.0 Å². The lowest BCUT2D eigenvalue weighted by Gasteiger charge is -2.29. The highest BCUT2D eigenvalue weighted by atomic mass is 32.2. The van der Waals surface area contributed by atoms with E-state index in [1.54, 1.807) is 18.4 Å². The Balaban J connectivity index is 2.03. The van der Waals surface area contributed by atoms with Gasteiger partial charge in [-0.3, -0.25) is 4.90 Å². The van der Waals surface area contributed by atoms with Gasteiger partial charge in [-0.25, -0.2) is 0 Å². The van der Waals surface area contributed by atoms with Gasteiger partial charge in [-0.05, 0) is 38.1 Å². The van der Waals surface area contributed by atoms with Crippen molar-refractivity contribution in [3.05, 3.63) is 59.7 Å². The lowest BCUT2D eigenvalue weighted by atomic mass is 10.1. The molecule has 0 spiro atoms. The SMILES string of the molecule is CC1(C)SC(=S)N(c2ccccc2)[C@@H]1/[N+]([O-])=C\c1ccco1. The minimum atomic E-state index is -0.433. The number of hydrogen-bond acceptors (Lipinski definition) is 4. The molecule has 1 atom stereocenters. The fourth-order valence-corrected chi connectivity index (χ4v) is 4.47. The Morgan fingerprint density at radius 3 is 2.64 bits per heavy atom. The lowest BCUT2D eigenvalue weighted by Crippen LogP contribution is -2.48. The highest BCUT2D eigenvalue weighted by Crippen LogP contribution is 2.43. The summed E-state index contributed by atoms with van der Waals surface area (Å²) in [5.41, 5.74) is 0.921. The third-order valence-corrected chi connectivity index (χ3v) is 5.04. The van der Waals surface area contributed by atoms with Crippen LogP contribution in [-0.2, 0) is 0 Å². The highest BCUT2D eigenvalue weighted by molar-refractivity contribution is 8.24. The van der Waals surface area contributed by atoms with E-state index in [-0.39, 0.29) is 4.75 Å². The van der Waals surface area contributed by atoms with Crippen molar-refractivity contribution < 1.29 is 9.16 Å². The molecule has 0 unspecified atom stereocenters. The molecule has 2 aromatic rings. The molecule has 0 amide bonds. The smallest absolute Gasteiger partial charge is 0.258 e. The predicted octanol–water partition coefficient (Wildman–Crippen LogP) is 3.85. The van der Waals surface area contributed by atoms with Gasteiger partial charge < -0.3 is 9.62 Å². The van der Waals surface area contributed by atoms with Crippen molar-refractivity contribution in [1.29, 1.82) is 0 Å². The maximum Gasteiger partial charge on any atom is 0.258 e. The average molecular weight is 332 g/mol. The first-order chi connectivity index (χ1) is 10.5. The summed E-state index contributed by atoms with van der Waals surface area (Å²) in [6.07, 6.45) is 2.59. The van der Waals surface area contributed by atoms with Crippen molar-refractivity contribution in [1.82, 2.24) is 0 Å². The molecule has 1 aromatic carbocycles. The van der Waals surface area contributed by atoms with E-state index in [9.17, 15) is 5.21 Å². The summed E-state index contributed by atoms with van der Waals surface area (Å²) in [5, 5.41) is 12.7. The van der Waals surface area contributed by atoms with Crippen molar-refractivity contribution in [3.63, 3.8) is 0 Å². The summed E-state index contributed by atoms with van der Waals surface area (Å²) >= 11 is 7.04. The molecule has 22 heavy (non-hydrogen) atoms. The Kier molecular flexibility index (Phi) is 3.97. The largest absolute Gasteiger partial charge is 0.622 e. The number of thiocarbonyl (C=S) groups is 1. The van der Waals surface area contributed by atoms with Gasteiger partial charge in [0, 0.05) is 5.69 Å². The Morgan fingerprint density at radius 1 is 1.27 bits per heavy atom. The first kappa shape index (κ1) is 15.1. The molecule has 6 heteroatoms. The molecule has 4 nitrogen and oxygen atoms in total.